The summed E-state index contributed by atoms with van der Waals surface area (Å²) in [5.74, 6) is 0.396. The summed E-state index contributed by atoms with van der Waals surface area (Å²) < 4.78 is 18.8. The fourth-order valence-corrected chi connectivity index (χ4v) is 2.22. The van der Waals surface area contributed by atoms with Crippen molar-refractivity contribution in [1.82, 2.24) is 0 Å². The minimum absolute atomic E-state index is 0.282. The third-order valence-electron chi connectivity index (χ3n) is 3.30. The number of aliphatic hydroxyl groups excluding tert-OH is 1. The van der Waals surface area contributed by atoms with Crippen LogP contribution >= 0.6 is 0 Å². The summed E-state index contributed by atoms with van der Waals surface area (Å²) in [6.45, 7) is 4.36. The summed E-state index contributed by atoms with van der Waals surface area (Å²) >= 11 is 0. The number of halogens is 1. The lowest BCUT2D eigenvalue weighted by Crippen LogP contribution is -2.06. The van der Waals surface area contributed by atoms with Gasteiger partial charge in [-0.1, -0.05) is 24.3 Å². The van der Waals surface area contributed by atoms with E-state index in [-0.39, 0.29) is 5.82 Å². The van der Waals surface area contributed by atoms with E-state index in [1.54, 1.807) is 6.07 Å². The molecule has 0 aliphatic heterocycles. The third kappa shape index (κ3) is 3.36. The molecule has 0 saturated heterocycles. The average Bonchev–Trinajstić information content (AvgIpc) is 2.44. The number of rotatable bonds is 5. The van der Waals surface area contributed by atoms with Crippen LogP contribution in [-0.2, 0) is 6.42 Å². The van der Waals surface area contributed by atoms with E-state index < -0.39 is 6.10 Å². The third-order valence-corrected chi connectivity index (χ3v) is 3.30. The molecule has 1 N–H and O–H groups in total. The van der Waals surface area contributed by atoms with Crippen LogP contribution in [0.4, 0.5) is 4.39 Å². The van der Waals surface area contributed by atoms with Gasteiger partial charge in [-0.2, -0.15) is 0 Å². The Morgan fingerprint density at radius 1 is 1.20 bits per heavy atom. The van der Waals surface area contributed by atoms with Crippen LogP contribution in [0, 0.1) is 12.7 Å². The first kappa shape index (κ1) is 14.5. The van der Waals surface area contributed by atoms with E-state index in [1.165, 1.54) is 12.1 Å². The second-order valence-corrected chi connectivity index (χ2v) is 4.76. The first-order chi connectivity index (χ1) is 9.61. The van der Waals surface area contributed by atoms with Crippen molar-refractivity contribution in [3.8, 4) is 5.75 Å². The topological polar surface area (TPSA) is 29.5 Å². The lowest BCUT2D eigenvalue weighted by Gasteiger charge is -2.16. The molecule has 106 valence electrons. The normalized spacial score (nSPS) is 12.2. The zero-order valence-electron chi connectivity index (χ0n) is 11.8. The van der Waals surface area contributed by atoms with Gasteiger partial charge < -0.3 is 9.84 Å². The fraction of sp³-hybridized carbons (Fsp3) is 0.294. The van der Waals surface area contributed by atoms with Gasteiger partial charge in [0.2, 0.25) is 0 Å². The highest BCUT2D eigenvalue weighted by atomic mass is 19.1. The number of hydrogen-bond acceptors (Lipinski definition) is 2. The molecule has 2 aromatic carbocycles. The minimum atomic E-state index is -0.710. The molecule has 0 bridgehead atoms. The van der Waals surface area contributed by atoms with E-state index in [0.717, 1.165) is 16.7 Å². The van der Waals surface area contributed by atoms with Crippen molar-refractivity contribution in [2.45, 2.75) is 26.4 Å². The van der Waals surface area contributed by atoms with Crippen LogP contribution in [0.1, 0.15) is 29.7 Å². The second-order valence-electron chi connectivity index (χ2n) is 4.76. The van der Waals surface area contributed by atoms with E-state index in [4.69, 9.17) is 4.74 Å². The number of benzene rings is 2. The summed E-state index contributed by atoms with van der Waals surface area (Å²) in [4.78, 5) is 0. The lowest BCUT2D eigenvalue weighted by molar-refractivity contribution is 0.172. The molecule has 0 radical (unpaired) electrons. The SMILES string of the molecule is CCOc1ccccc1C(O)Cc1cc(F)ccc1C. The maximum Gasteiger partial charge on any atom is 0.125 e. The molecule has 0 fully saturated rings. The highest BCUT2D eigenvalue weighted by Crippen LogP contribution is 2.28. The van der Waals surface area contributed by atoms with Gasteiger partial charge in [0.1, 0.15) is 11.6 Å². The molecule has 0 spiro atoms. The molecule has 0 aromatic heterocycles. The van der Waals surface area contributed by atoms with Gasteiger partial charge in [-0.25, -0.2) is 4.39 Å². The van der Waals surface area contributed by atoms with E-state index in [9.17, 15) is 9.50 Å². The van der Waals surface area contributed by atoms with Crippen molar-refractivity contribution in [1.29, 1.82) is 0 Å². The Labute approximate surface area is 118 Å². The van der Waals surface area contributed by atoms with Crippen molar-refractivity contribution in [2.75, 3.05) is 6.61 Å². The van der Waals surface area contributed by atoms with Crippen LogP contribution < -0.4 is 4.74 Å². The molecule has 3 heteroatoms. The molecule has 0 aliphatic carbocycles. The predicted octanol–water partition coefficient (Wildman–Crippen LogP) is 3.81. The summed E-state index contributed by atoms with van der Waals surface area (Å²) in [5.41, 5.74) is 2.51. The van der Waals surface area contributed by atoms with Gasteiger partial charge in [0, 0.05) is 12.0 Å². The number of aliphatic hydroxyl groups is 1. The van der Waals surface area contributed by atoms with Gasteiger partial charge in [0.05, 0.1) is 12.7 Å². The molecule has 2 nitrogen and oxygen atoms in total. The van der Waals surface area contributed by atoms with Crippen molar-refractivity contribution in [3.05, 3.63) is 65.0 Å². The average molecular weight is 274 g/mol. The number of ether oxygens (including phenoxy) is 1. The highest BCUT2D eigenvalue weighted by molar-refractivity contribution is 5.37. The second kappa shape index (κ2) is 6.53. The zero-order valence-corrected chi connectivity index (χ0v) is 11.8. The van der Waals surface area contributed by atoms with Gasteiger partial charge in [0.25, 0.3) is 0 Å². The quantitative estimate of drug-likeness (QED) is 0.898. The van der Waals surface area contributed by atoms with Crippen LogP contribution in [0.25, 0.3) is 0 Å². The van der Waals surface area contributed by atoms with E-state index in [0.29, 0.717) is 18.8 Å². The minimum Gasteiger partial charge on any atom is -0.493 e. The largest absolute Gasteiger partial charge is 0.493 e. The molecule has 2 rings (SSSR count). The smallest absolute Gasteiger partial charge is 0.125 e. The molecule has 1 unspecified atom stereocenters. The van der Waals surface area contributed by atoms with Crippen LogP contribution in [0.2, 0.25) is 0 Å². The zero-order chi connectivity index (χ0) is 14.5. The van der Waals surface area contributed by atoms with Crippen LogP contribution in [-0.4, -0.2) is 11.7 Å². The van der Waals surface area contributed by atoms with Gasteiger partial charge in [-0.3, -0.25) is 0 Å². The van der Waals surface area contributed by atoms with Crippen molar-refractivity contribution in [3.63, 3.8) is 0 Å². The lowest BCUT2D eigenvalue weighted by atomic mass is 9.97. The summed E-state index contributed by atoms with van der Waals surface area (Å²) in [6, 6.07) is 12.0. The summed E-state index contributed by atoms with van der Waals surface area (Å²) in [6.07, 6.45) is -0.341. The maximum absolute atomic E-state index is 13.3. The van der Waals surface area contributed by atoms with E-state index in [1.807, 2.05) is 38.1 Å². The van der Waals surface area contributed by atoms with E-state index in [2.05, 4.69) is 0 Å². The summed E-state index contributed by atoms with van der Waals surface area (Å²) in [7, 11) is 0. The summed E-state index contributed by atoms with van der Waals surface area (Å²) in [5, 5.41) is 10.4. The standard InChI is InChI=1S/C17H19FO2/c1-3-20-17-7-5-4-6-15(17)16(19)11-13-10-14(18)9-8-12(13)2/h4-10,16,19H,3,11H2,1-2H3. The maximum atomic E-state index is 13.3. The first-order valence-corrected chi connectivity index (χ1v) is 6.76. The first-order valence-electron chi connectivity index (χ1n) is 6.76. The van der Waals surface area contributed by atoms with E-state index >= 15 is 0 Å². The van der Waals surface area contributed by atoms with Crippen LogP contribution in [0.3, 0.4) is 0 Å². The molecular formula is C17H19FO2. The molecule has 0 amide bonds. The van der Waals surface area contributed by atoms with Crippen LogP contribution in [0.15, 0.2) is 42.5 Å². The molecule has 2 aromatic rings. The number of hydrogen-bond donors (Lipinski definition) is 1. The molecular weight excluding hydrogens is 255 g/mol. The van der Waals surface area contributed by atoms with Gasteiger partial charge >= 0.3 is 0 Å². The van der Waals surface area contributed by atoms with Gasteiger partial charge in [-0.05, 0) is 43.2 Å². The highest BCUT2D eigenvalue weighted by Gasteiger charge is 2.15. The Bertz CT molecular complexity index is 581. The predicted molar refractivity (Wildman–Crippen MR) is 77.4 cm³/mol. The molecule has 0 aliphatic rings. The Hall–Kier alpha value is -1.87. The van der Waals surface area contributed by atoms with Gasteiger partial charge in [-0.15, -0.1) is 0 Å². The van der Waals surface area contributed by atoms with Crippen molar-refractivity contribution >= 4 is 0 Å². The van der Waals surface area contributed by atoms with Crippen molar-refractivity contribution in [2.24, 2.45) is 0 Å². The van der Waals surface area contributed by atoms with Crippen LogP contribution in [0.5, 0.6) is 5.75 Å². The Morgan fingerprint density at radius 3 is 2.70 bits per heavy atom. The monoisotopic (exact) mass is 274 g/mol. The van der Waals surface area contributed by atoms with Gasteiger partial charge in [0.15, 0.2) is 0 Å². The molecule has 20 heavy (non-hydrogen) atoms. The Kier molecular flexibility index (Phi) is 4.74. The number of aryl methyl sites for hydroxylation is 1. The molecule has 0 saturated carbocycles. The Morgan fingerprint density at radius 2 is 1.95 bits per heavy atom. The number of para-hydroxylation sites is 1. The Balaban J connectivity index is 2.23. The fourth-order valence-electron chi connectivity index (χ4n) is 2.22. The molecule has 0 heterocycles. The van der Waals surface area contributed by atoms with Crippen molar-refractivity contribution < 1.29 is 14.2 Å². The molecule has 1 atom stereocenters.